The van der Waals surface area contributed by atoms with Crippen LogP contribution in [-0.4, -0.2) is 41.7 Å². The Labute approximate surface area is 204 Å². The molecule has 1 radical (unpaired) electrons. The van der Waals surface area contributed by atoms with Crippen molar-refractivity contribution in [1.29, 1.82) is 0 Å². The van der Waals surface area contributed by atoms with Crippen LogP contribution in [0.1, 0.15) is 41.3 Å². The van der Waals surface area contributed by atoms with E-state index in [1.54, 1.807) is 11.1 Å². The standard InChI is InChI=1S/C26H26ClN4O3/c1-2-33-16-17-4-3-5-21(12-17)31-15-19-7-6-18(13-22(19)25(31)32)24-23(27)14-28-26(30-24)29-20-8-10-34-11-9-20/h3-4,6-7,12-14,20H,2,8-11,15-16H2,1H3,(H,28,29,30). The summed E-state index contributed by atoms with van der Waals surface area (Å²) in [6.45, 7) is 5.07. The van der Waals surface area contributed by atoms with E-state index in [2.05, 4.69) is 21.4 Å². The molecule has 1 saturated heterocycles. The smallest absolute Gasteiger partial charge is 0.258 e. The Kier molecular flexibility index (Phi) is 6.76. The quantitative estimate of drug-likeness (QED) is 0.522. The van der Waals surface area contributed by atoms with Crippen molar-refractivity contribution in [3.8, 4) is 11.3 Å². The van der Waals surface area contributed by atoms with Crippen molar-refractivity contribution in [2.75, 3.05) is 30.0 Å². The average molecular weight is 478 g/mol. The second-order valence-electron chi connectivity index (χ2n) is 8.40. The highest BCUT2D eigenvalue weighted by Gasteiger charge is 2.29. The second kappa shape index (κ2) is 10.1. The van der Waals surface area contributed by atoms with Gasteiger partial charge in [-0.3, -0.25) is 4.79 Å². The van der Waals surface area contributed by atoms with Crippen molar-refractivity contribution >= 4 is 29.1 Å². The molecule has 0 aliphatic carbocycles. The first-order chi connectivity index (χ1) is 16.6. The number of fused-ring (bicyclic) bond motifs is 1. The zero-order chi connectivity index (χ0) is 23.5. The van der Waals surface area contributed by atoms with Gasteiger partial charge in [0.25, 0.3) is 5.91 Å². The number of halogens is 1. The number of hydrogen-bond acceptors (Lipinski definition) is 6. The minimum atomic E-state index is -0.0626. The van der Waals surface area contributed by atoms with E-state index in [0.29, 0.717) is 42.0 Å². The van der Waals surface area contributed by atoms with Crippen molar-refractivity contribution in [3.05, 3.63) is 70.4 Å². The van der Waals surface area contributed by atoms with E-state index < -0.39 is 0 Å². The molecule has 1 fully saturated rings. The summed E-state index contributed by atoms with van der Waals surface area (Å²) in [6, 6.07) is 15.0. The number of aromatic nitrogens is 2. The largest absolute Gasteiger partial charge is 0.381 e. The van der Waals surface area contributed by atoms with Crippen molar-refractivity contribution in [2.24, 2.45) is 0 Å². The van der Waals surface area contributed by atoms with Gasteiger partial charge in [0, 0.05) is 43.1 Å². The Bertz CT molecular complexity index is 1200. The van der Waals surface area contributed by atoms with E-state index in [-0.39, 0.29) is 11.9 Å². The number of benzene rings is 2. The number of rotatable bonds is 7. The molecule has 8 heteroatoms. The molecule has 0 spiro atoms. The molecule has 0 bridgehead atoms. The minimum Gasteiger partial charge on any atom is -0.381 e. The van der Waals surface area contributed by atoms with Crippen molar-refractivity contribution in [2.45, 2.75) is 39.0 Å². The third kappa shape index (κ3) is 4.78. The SMILES string of the molecule is CCOCc1cc[c]c(N2Cc3ccc(-c4nc(NC5CCOCC5)ncc4Cl)cc3C2=O)c1. The molecule has 2 aliphatic heterocycles. The first kappa shape index (κ1) is 22.8. The topological polar surface area (TPSA) is 76.6 Å². The Balaban J connectivity index is 1.39. The number of carbonyl (C=O) groups excluding carboxylic acids is 1. The monoisotopic (exact) mass is 477 g/mol. The van der Waals surface area contributed by atoms with Gasteiger partial charge in [0.1, 0.15) is 0 Å². The molecule has 7 nitrogen and oxygen atoms in total. The van der Waals surface area contributed by atoms with Crippen LogP contribution < -0.4 is 10.2 Å². The van der Waals surface area contributed by atoms with Gasteiger partial charge in [0.05, 0.1) is 35.8 Å². The van der Waals surface area contributed by atoms with Crippen LogP contribution in [0, 0.1) is 6.07 Å². The first-order valence-electron chi connectivity index (χ1n) is 11.5. The molecule has 175 valence electrons. The number of carbonyl (C=O) groups is 1. The molecule has 1 N–H and O–H groups in total. The molecule has 2 aliphatic rings. The van der Waals surface area contributed by atoms with E-state index in [0.717, 1.165) is 48.4 Å². The van der Waals surface area contributed by atoms with Gasteiger partial charge >= 0.3 is 0 Å². The van der Waals surface area contributed by atoms with E-state index in [1.165, 1.54) is 0 Å². The number of anilines is 2. The molecule has 5 rings (SSSR count). The molecule has 1 aromatic heterocycles. The van der Waals surface area contributed by atoms with Crippen LogP contribution in [-0.2, 0) is 22.6 Å². The highest BCUT2D eigenvalue weighted by Crippen LogP contribution is 2.33. The molecule has 0 saturated carbocycles. The lowest BCUT2D eigenvalue weighted by Gasteiger charge is -2.23. The summed E-state index contributed by atoms with van der Waals surface area (Å²) in [7, 11) is 0. The van der Waals surface area contributed by atoms with E-state index >= 15 is 0 Å². The number of nitrogens with zero attached hydrogens (tertiary/aromatic N) is 3. The third-order valence-corrected chi connectivity index (χ3v) is 6.38. The van der Waals surface area contributed by atoms with Gasteiger partial charge < -0.3 is 19.7 Å². The summed E-state index contributed by atoms with van der Waals surface area (Å²) in [6.07, 6.45) is 3.42. The average Bonchev–Trinajstić information content (AvgIpc) is 3.20. The summed E-state index contributed by atoms with van der Waals surface area (Å²) >= 11 is 6.46. The first-order valence-corrected chi connectivity index (χ1v) is 11.9. The molecule has 3 aromatic rings. The molecule has 0 atom stereocenters. The van der Waals surface area contributed by atoms with Crippen LogP contribution >= 0.6 is 11.6 Å². The van der Waals surface area contributed by atoms with Gasteiger partial charge in [-0.1, -0.05) is 35.9 Å². The normalized spacial score (nSPS) is 16.1. The van der Waals surface area contributed by atoms with Gasteiger partial charge in [-0.05, 0) is 43.0 Å². The van der Waals surface area contributed by atoms with Gasteiger partial charge in [0.2, 0.25) is 5.95 Å². The minimum absolute atomic E-state index is 0.0626. The molecule has 34 heavy (non-hydrogen) atoms. The van der Waals surface area contributed by atoms with Crippen LogP contribution in [0.5, 0.6) is 0 Å². The van der Waals surface area contributed by atoms with Crippen LogP contribution in [0.4, 0.5) is 11.6 Å². The van der Waals surface area contributed by atoms with E-state index in [9.17, 15) is 4.79 Å². The molecule has 2 aromatic carbocycles. The highest BCUT2D eigenvalue weighted by atomic mass is 35.5. The molecular formula is C26H26ClN4O3. The number of ether oxygens (including phenoxy) is 2. The Morgan fingerprint density at radius 2 is 2.12 bits per heavy atom. The maximum absolute atomic E-state index is 13.3. The van der Waals surface area contributed by atoms with Crippen molar-refractivity contribution in [1.82, 2.24) is 9.97 Å². The zero-order valence-corrected chi connectivity index (χ0v) is 19.8. The number of hydrogen-bond donors (Lipinski definition) is 1. The van der Waals surface area contributed by atoms with Gasteiger partial charge in [-0.15, -0.1) is 0 Å². The van der Waals surface area contributed by atoms with Crippen LogP contribution in [0.3, 0.4) is 0 Å². The summed E-state index contributed by atoms with van der Waals surface area (Å²) in [5, 5.41) is 3.82. The Hall–Kier alpha value is -3.00. The Morgan fingerprint density at radius 3 is 2.94 bits per heavy atom. The zero-order valence-electron chi connectivity index (χ0n) is 19.0. The second-order valence-corrected chi connectivity index (χ2v) is 8.81. The predicted octanol–water partition coefficient (Wildman–Crippen LogP) is 4.88. The molecule has 1 amide bonds. The fourth-order valence-corrected chi connectivity index (χ4v) is 4.47. The Morgan fingerprint density at radius 1 is 1.26 bits per heavy atom. The molecule has 3 heterocycles. The summed E-state index contributed by atoms with van der Waals surface area (Å²) in [4.78, 5) is 24.1. The molecular weight excluding hydrogens is 452 g/mol. The van der Waals surface area contributed by atoms with E-state index in [1.807, 2.05) is 43.3 Å². The van der Waals surface area contributed by atoms with E-state index in [4.69, 9.17) is 21.1 Å². The fraction of sp³-hybridized carbons (Fsp3) is 0.346. The fourth-order valence-electron chi connectivity index (χ4n) is 4.27. The van der Waals surface area contributed by atoms with Crippen molar-refractivity contribution in [3.63, 3.8) is 0 Å². The number of nitrogens with one attached hydrogen (secondary N) is 1. The van der Waals surface area contributed by atoms with Gasteiger partial charge in [-0.25, -0.2) is 9.97 Å². The number of amides is 1. The molecule has 0 unspecified atom stereocenters. The maximum Gasteiger partial charge on any atom is 0.258 e. The van der Waals surface area contributed by atoms with Crippen LogP contribution in [0.15, 0.2) is 42.6 Å². The maximum atomic E-state index is 13.3. The predicted molar refractivity (Wildman–Crippen MR) is 131 cm³/mol. The van der Waals surface area contributed by atoms with Crippen LogP contribution in [0.2, 0.25) is 5.02 Å². The lowest BCUT2D eigenvalue weighted by molar-refractivity contribution is 0.0903. The van der Waals surface area contributed by atoms with Gasteiger partial charge in [0.15, 0.2) is 0 Å². The summed E-state index contributed by atoms with van der Waals surface area (Å²) in [5.74, 6) is 0.466. The summed E-state index contributed by atoms with van der Waals surface area (Å²) in [5.41, 5.74) is 4.74. The van der Waals surface area contributed by atoms with Crippen LogP contribution in [0.25, 0.3) is 11.3 Å². The third-order valence-electron chi connectivity index (χ3n) is 6.10. The lowest BCUT2D eigenvalue weighted by Crippen LogP contribution is -2.28. The lowest BCUT2D eigenvalue weighted by atomic mass is 10.0. The van der Waals surface area contributed by atoms with Gasteiger partial charge in [-0.2, -0.15) is 0 Å². The highest BCUT2D eigenvalue weighted by molar-refractivity contribution is 6.33. The summed E-state index contributed by atoms with van der Waals surface area (Å²) < 4.78 is 10.9. The van der Waals surface area contributed by atoms with Crippen molar-refractivity contribution < 1.29 is 14.3 Å².